The highest BCUT2D eigenvalue weighted by molar-refractivity contribution is 6.33. The van der Waals surface area contributed by atoms with Crippen LogP contribution >= 0.6 is 11.6 Å². The first-order chi connectivity index (χ1) is 11.2. The maximum absolute atomic E-state index is 12.7. The van der Waals surface area contributed by atoms with Crippen molar-refractivity contribution in [3.8, 4) is 0 Å². The van der Waals surface area contributed by atoms with Gasteiger partial charge in [-0.05, 0) is 24.8 Å². The lowest BCUT2D eigenvalue weighted by molar-refractivity contribution is -0.137. The highest BCUT2D eigenvalue weighted by atomic mass is 35.5. The van der Waals surface area contributed by atoms with Gasteiger partial charge in [-0.15, -0.1) is 0 Å². The number of aliphatic hydroxyl groups is 1. The first kappa shape index (κ1) is 17.0. The molecule has 0 amide bonds. The van der Waals surface area contributed by atoms with E-state index >= 15 is 0 Å². The van der Waals surface area contributed by atoms with Crippen LogP contribution in [0.4, 0.5) is 19.0 Å². The molecule has 2 aromatic heterocycles. The Balaban J connectivity index is 1.85. The third kappa shape index (κ3) is 3.49. The predicted molar refractivity (Wildman–Crippen MR) is 82.6 cm³/mol. The minimum atomic E-state index is -4.49. The average Bonchev–Trinajstić information content (AvgIpc) is 2.88. The number of aromatic nitrogens is 3. The Kier molecular flexibility index (Phi) is 4.44. The second kappa shape index (κ2) is 6.25. The van der Waals surface area contributed by atoms with Crippen LogP contribution in [0.25, 0.3) is 0 Å². The van der Waals surface area contributed by atoms with Crippen molar-refractivity contribution in [2.24, 2.45) is 13.0 Å². The second-order valence-corrected chi connectivity index (χ2v) is 6.41. The summed E-state index contributed by atoms with van der Waals surface area (Å²) in [6, 6.07) is 0.621. The standard InChI is InChI=1S/C15H16ClF3N4O/c1-23-7-9(5-21-23)13(8-2-11(24)3-8)22-14-12(16)4-10(6-20-14)15(17,18)19/h4-8,11,13,24H,2-3H2,1H3,(H,20,22). The molecule has 0 spiro atoms. The third-order valence-corrected chi connectivity index (χ3v) is 4.45. The number of hydrogen-bond donors (Lipinski definition) is 2. The molecular formula is C15H16ClF3N4O. The quantitative estimate of drug-likeness (QED) is 0.877. The van der Waals surface area contributed by atoms with Crippen LogP contribution in [0, 0.1) is 5.92 Å². The summed E-state index contributed by atoms with van der Waals surface area (Å²) >= 11 is 5.97. The normalized spacial score (nSPS) is 22.1. The third-order valence-electron chi connectivity index (χ3n) is 4.17. The smallest absolute Gasteiger partial charge is 0.393 e. The van der Waals surface area contributed by atoms with E-state index in [1.807, 2.05) is 6.20 Å². The molecule has 2 aromatic rings. The number of nitrogens with one attached hydrogen (secondary N) is 1. The van der Waals surface area contributed by atoms with E-state index in [2.05, 4.69) is 15.4 Å². The molecule has 1 aliphatic rings. The summed E-state index contributed by atoms with van der Waals surface area (Å²) in [5.74, 6) is 0.310. The molecular weight excluding hydrogens is 345 g/mol. The number of anilines is 1. The number of nitrogens with zero attached hydrogens (tertiary/aromatic N) is 3. The minimum absolute atomic E-state index is 0.0985. The fourth-order valence-electron chi connectivity index (χ4n) is 2.82. The highest BCUT2D eigenvalue weighted by Gasteiger charge is 2.36. The number of alkyl halides is 3. The van der Waals surface area contributed by atoms with Crippen LogP contribution in [0.1, 0.15) is 30.0 Å². The van der Waals surface area contributed by atoms with Crippen LogP contribution in [0.3, 0.4) is 0 Å². The Bertz CT molecular complexity index is 728. The van der Waals surface area contributed by atoms with Gasteiger partial charge < -0.3 is 10.4 Å². The number of rotatable bonds is 4. The minimum Gasteiger partial charge on any atom is -0.393 e. The lowest BCUT2D eigenvalue weighted by atomic mass is 9.75. The lowest BCUT2D eigenvalue weighted by Gasteiger charge is -2.38. The number of halogens is 4. The summed E-state index contributed by atoms with van der Waals surface area (Å²) in [6.07, 6.45) is 0.614. The van der Waals surface area contributed by atoms with Crippen molar-refractivity contribution < 1.29 is 18.3 Å². The van der Waals surface area contributed by atoms with E-state index in [9.17, 15) is 18.3 Å². The van der Waals surface area contributed by atoms with Crippen molar-refractivity contribution in [3.63, 3.8) is 0 Å². The molecule has 130 valence electrons. The van der Waals surface area contributed by atoms with Gasteiger partial charge in [0, 0.05) is 25.0 Å². The molecule has 5 nitrogen and oxygen atoms in total. The average molecular weight is 361 g/mol. The molecule has 24 heavy (non-hydrogen) atoms. The summed E-state index contributed by atoms with van der Waals surface area (Å²) < 4.78 is 39.8. The van der Waals surface area contributed by atoms with Crippen molar-refractivity contribution in [2.45, 2.75) is 31.2 Å². The van der Waals surface area contributed by atoms with Crippen LogP contribution in [0.5, 0.6) is 0 Å². The Morgan fingerprint density at radius 2 is 2.08 bits per heavy atom. The molecule has 2 N–H and O–H groups in total. The van der Waals surface area contributed by atoms with Gasteiger partial charge in [-0.2, -0.15) is 18.3 Å². The molecule has 0 radical (unpaired) electrons. The zero-order valence-electron chi connectivity index (χ0n) is 12.8. The molecule has 1 atom stereocenters. The summed E-state index contributed by atoms with van der Waals surface area (Å²) in [6.45, 7) is 0. The van der Waals surface area contributed by atoms with Gasteiger partial charge in [0.1, 0.15) is 5.82 Å². The van der Waals surface area contributed by atoms with Crippen molar-refractivity contribution >= 4 is 17.4 Å². The van der Waals surface area contributed by atoms with E-state index in [1.54, 1.807) is 17.9 Å². The predicted octanol–water partition coefficient (Wildman–Crippen LogP) is 3.41. The second-order valence-electron chi connectivity index (χ2n) is 6.01. The summed E-state index contributed by atoms with van der Waals surface area (Å²) in [4.78, 5) is 3.82. The Morgan fingerprint density at radius 1 is 1.38 bits per heavy atom. The molecule has 0 bridgehead atoms. The van der Waals surface area contributed by atoms with Crippen LogP contribution in [-0.4, -0.2) is 26.0 Å². The van der Waals surface area contributed by atoms with Gasteiger partial charge in [0.15, 0.2) is 0 Å². The monoisotopic (exact) mass is 360 g/mol. The van der Waals surface area contributed by atoms with E-state index in [1.165, 1.54) is 0 Å². The van der Waals surface area contributed by atoms with E-state index in [0.29, 0.717) is 12.8 Å². The molecule has 1 aliphatic carbocycles. The highest BCUT2D eigenvalue weighted by Crippen LogP contribution is 2.41. The largest absolute Gasteiger partial charge is 0.417 e. The van der Waals surface area contributed by atoms with Gasteiger partial charge in [-0.3, -0.25) is 4.68 Å². The first-order valence-electron chi connectivity index (χ1n) is 7.40. The molecule has 1 fully saturated rings. The Labute approximate surface area is 141 Å². The van der Waals surface area contributed by atoms with Crippen LogP contribution in [0.2, 0.25) is 5.02 Å². The Hall–Kier alpha value is -1.80. The summed E-state index contributed by atoms with van der Waals surface area (Å²) in [5, 5.41) is 16.7. The molecule has 1 unspecified atom stereocenters. The summed E-state index contributed by atoms with van der Waals surface area (Å²) in [5.41, 5.74) is -0.0257. The van der Waals surface area contributed by atoms with Gasteiger partial charge in [-0.25, -0.2) is 4.98 Å². The zero-order chi connectivity index (χ0) is 17.5. The molecule has 0 saturated heterocycles. The van der Waals surface area contributed by atoms with Gasteiger partial charge in [0.05, 0.1) is 28.9 Å². The number of aryl methyl sites for hydroxylation is 1. The lowest BCUT2D eigenvalue weighted by Crippen LogP contribution is -2.36. The SMILES string of the molecule is Cn1cc(C(Nc2ncc(C(F)(F)F)cc2Cl)C2CC(O)C2)cn1. The van der Waals surface area contributed by atoms with Crippen molar-refractivity contribution in [1.29, 1.82) is 0 Å². The molecule has 0 aliphatic heterocycles. The van der Waals surface area contributed by atoms with Gasteiger partial charge >= 0.3 is 6.18 Å². The van der Waals surface area contributed by atoms with Crippen molar-refractivity contribution in [1.82, 2.24) is 14.8 Å². The van der Waals surface area contributed by atoms with Gasteiger partial charge in [0.2, 0.25) is 0 Å². The van der Waals surface area contributed by atoms with E-state index in [4.69, 9.17) is 11.6 Å². The number of aliphatic hydroxyl groups excluding tert-OH is 1. The Morgan fingerprint density at radius 3 is 2.58 bits per heavy atom. The van der Waals surface area contributed by atoms with E-state index in [0.717, 1.165) is 17.8 Å². The van der Waals surface area contributed by atoms with E-state index < -0.39 is 11.7 Å². The summed E-state index contributed by atoms with van der Waals surface area (Å²) in [7, 11) is 1.78. The molecule has 2 heterocycles. The van der Waals surface area contributed by atoms with Crippen LogP contribution in [-0.2, 0) is 13.2 Å². The number of hydrogen-bond acceptors (Lipinski definition) is 4. The number of pyridine rings is 1. The maximum Gasteiger partial charge on any atom is 0.417 e. The molecule has 3 rings (SSSR count). The fourth-order valence-corrected chi connectivity index (χ4v) is 3.04. The maximum atomic E-state index is 12.7. The van der Waals surface area contributed by atoms with Gasteiger partial charge in [0.25, 0.3) is 0 Å². The molecule has 9 heteroatoms. The topological polar surface area (TPSA) is 63.0 Å². The molecule has 0 aromatic carbocycles. The van der Waals surface area contributed by atoms with Gasteiger partial charge in [-0.1, -0.05) is 11.6 Å². The van der Waals surface area contributed by atoms with Crippen LogP contribution < -0.4 is 5.32 Å². The first-order valence-corrected chi connectivity index (χ1v) is 7.77. The molecule has 1 saturated carbocycles. The van der Waals surface area contributed by atoms with Crippen molar-refractivity contribution in [2.75, 3.05) is 5.32 Å². The fraction of sp³-hybridized carbons (Fsp3) is 0.467. The zero-order valence-corrected chi connectivity index (χ0v) is 13.5. The van der Waals surface area contributed by atoms with Crippen LogP contribution in [0.15, 0.2) is 24.7 Å². The van der Waals surface area contributed by atoms with Crippen molar-refractivity contribution in [3.05, 3.63) is 40.8 Å². The van der Waals surface area contributed by atoms with E-state index in [-0.39, 0.29) is 28.9 Å².